The third-order valence-electron chi connectivity index (χ3n) is 7.39. The fourth-order valence-electron chi connectivity index (χ4n) is 5.47. The van der Waals surface area contributed by atoms with Crippen molar-refractivity contribution in [2.24, 2.45) is 5.73 Å². The first kappa shape index (κ1) is 35.8. The Bertz CT molecular complexity index is 1520. The van der Waals surface area contributed by atoms with Crippen molar-refractivity contribution in [3.05, 3.63) is 64.2 Å². The fraction of sp³-hybridized carbons (Fsp3) is 0.517. The van der Waals surface area contributed by atoms with Gasteiger partial charge in [0, 0.05) is 19.1 Å². The van der Waals surface area contributed by atoms with Crippen LogP contribution in [0.25, 0.3) is 0 Å². The maximum atomic E-state index is 14.0. The van der Waals surface area contributed by atoms with E-state index in [1.165, 1.54) is 9.80 Å². The highest BCUT2D eigenvalue weighted by atomic mass is 19.4. The summed E-state index contributed by atoms with van der Waals surface area (Å²) in [7, 11) is 0. The van der Waals surface area contributed by atoms with Crippen LogP contribution in [0.3, 0.4) is 0 Å². The average molecular weight is 682 g/mol. The van der Waals surface area contributed by atoms with Gasteiger partial charge in [0.05, 0.1) is 41.1 Å². The predicted octanol–water partition coefficient (Wildman–Crippen LogP) is 7.36. The molecule has 18 heteroatoms. The molecule has 0 fully saturated rings. The van der Waals surface area contributed by atoms with E-state index >= 15 is 0 Å². The van der Waals surface area contributed by atoms with Crippen molar-refractivity contribution < 1.29 is 49.0 Å². The van der Waals surface area contributed by atoms with Gasteiger partial charge < -0.3 is 15.4 Å². The first-order valence-electron chi connectivity index (χ1n) is 14.6. The molecule has 1 amide bonds. The van der Waals surface area contributed by atoms with Crippen LogP contribution in [0.1, 0.15) is 73.9 Å². The van der Waals surface area contributed by atoms with Gasteiger partial charge in [0.15, 0.2) is 0 Å². The number of nitrogens with zero attached hydrogens (tertiary/aromatic N) is 6. The molecule has 0 saturated carbocycles. The Labute approximate surface area is 263 Å². The highest BCUT2D eigenvalue weighted by Crippen LogP contribution is 2.46. The van der Waals surface area contributed by atoms with Crippen molar-refractivity contribution in [3.8, 4) is 0 Å². The van der Waals surface area contributed by atoms with Crippen LogP contribution in [0, 0.1) is 0 Å². The van der Waals surface area contributed by atoms with Crippen LogP contribution in [0.4, 0.5) is 55.9 Å². The number of carbonyl (C=O) groups is 1. The second kappa shape index (κ2) is 13.6. The van der Waals surface area contributed by atoms with E-state index in [1.54, 1.807) is 13.8 Å². The summed E-state index contributed by atoms with van der Waals surface area (Å²) in [6, 6.07) is 1.82. The van der Waals surface area contributed by atoms with Crippen molar-refractivity contribution >= 4 is 17.7 Å². The van der Waals surface area contributed by atoms with Crippen LogP contribution in [-0.4, -0.2) is 45.0 Å². The number of halogens is 9. The molecule has 258 valence electrons. The third-order valence-corrected chi connectivity index (χ3v) is 7.39. The number of hydrogen-bond acceptors (Lipinski definition) is 7. The van der Waals surface area contributed by atoms with Gasteiger partial charge in [-0.2, -0.15) is 44.3 Å². The average Bonchev–Trinajstić information content (AvgIpc) is 3.42. The molecule has 2 atom stereocenters. The Kier molecular flexibility index (Phi) is 10.3. The monoisotopic (exact) mass is 681 g/mol. The summed E-state index contributed by atoms with van der Waals surface area (Å²) in [4.78, 5) is 16.8. The number of carbonyl (C=O) groups excluding carboxylic acids is 1. The van der Waals surface area contributed by atoms with Crippen LogP contribution in [0.5, 0.6) is 0 Å². The van der Waals surface area contributed by atoms with Crippen LogP contribution in [-0.2, 0) is 36.4 Å². The number of amides is 1. The van der Waals surface area contributed by atoms with Crippen LogP contribution >= 0.6 is 0 Å². The van der Waals surface area contributed by atoms with E-state index in [9.17, 15) is 44.3 Å². The minimum Gasteiger partial charge on any atom is -0.446 e. The molecule has 0 bridgehead atoms. The molecule has 0 radical (unpaired) electrons. The summed E-state index contributed by atoms with van der Waals surface area (Å²) in [5, 5.41) is 12.0. The maximum Gasteiger partial charge on any atom is 0.416 e. The van der Waals surface area contributed by atoms with Crippen molar-refractivity contribution in [2.75, 3.05) is 16.3 Å². The molecule has 9 nitrogen and oxygen atoms in total. The first-order chi connectivity index (χ1) is 21.8. The zero-order valence-corrected chi connectivity index (χ0v) is 25.4. The fourth-order valence-corrected chi connectivity index (χ4v) is 5.47. The molecule has 0 spiro atoms. The minimum absolute atomic E-state index is 0.0232. The quantitative estimate of drug-likeness (QED) is 0.236. The number of ether oxygens (including phenoxy) is 1. The number of hydrogen-bond donors (Lipinski definition) is 1. The predicted molar refractivity (Wildman–Crippen MR) is 151 cm³/mol. The van der Waals surface area contributed by atoms with E-state index in [0.717, 1.165) is 23.0 Å². The summed E-state index contributed by atoms with van der Waals surface area (Å²) in [5.41, 5.74) is 0.795. The van der Waals surface area contributed by atoms with Gasteiger partial charge in [-0.3, -0.25) is 4.90 Å². The molecule has 1 aliphatic heterocycles. The zero-order chi connectivity index (χ0) is 34.9. The molecular weight excluding hydrogens is 649 g/mol. The molecule has 3 aromatic rings. The lowest BCUT2D eigenvalue weighted by Crippen LogP contribution is -2.48. The lowest BCUT2D eigenvalue weighted by molar-refractivity contribution is -0.143. The molecule has 4 rings (SSSR count). The summed E-state index contributed by atoms with van der Waals surface area (Å²) in [6.45, 7) is 4.38. The molecular formula is C29H32F9N7O2. The lowest BCUT2D eigenvalue weighted by Gasteiger charge is -2.44. The normalized spacial score (nSPS) is 17.2. The second-order valence-electron chi connectivity index (χ2n) is 11.3. The van der Waals surface area contributed by atoms with Crippen LogP contribution in [0.15, 0.2) is 36.4 Å². The van der Waals surface area contributed by atoms with E-state index in [1.807, 2.05) is 6.92 Å². The van der Waals surface area contributed by atoms with Gasteiger partial charge in [-0.25, -0.2) is 4.79 Å². The first-order valence-corrected chi connectivity index (χ1v) is 14.6. The van der Waals surface area contributed by atoms with Crippen molar-refractivity contribution in [3.63, 3.8) is 0 Å². The number of alkyl halides is 9. The van der Waals surface area contributed by atoms with Crippen molar-refractivity contribution in [2.45, 2.75) is 89.8 Å². The van der Waals surface area contributed by atoms with Crippen molar-refractivity contribution in [1.82, 2.24) is 20.2 Å². The van der Waals surface area contributed by atoms with Gasteiger partial charge in [0.25, 0.3) is 5.95 Å². The SMILES string of the molecule is CCCC1CC(N(Cc2cc(C(F)(F)F)cc(C(F)(F)F)c2)c2nnn(CCN)n2)c2cc(C(F)(F)F)ccc2N1C(=O)OC(C)C. The Morgan fingerprint density at radius 2 is 1.60 bits per heavy atom. The molecule has 1 aromatic heterocycles. The summed E-state index contributed by atoms with van der Waals surface area (Å²) in [6.07, 6.45) is -15.8. The van der Waals surface area contributed by atoms with Gasteiger partial charge >= 0.3 is 24.6 Å². The van der Waals surface area contributed by atoms with Gasteiger partial charge in [-0.1, -0.05) is 18.4 Å². The van der Waals surface area contributed by atoms with Crippen molar-refractivity contribution in [1.29, 1.82) is 0 Å². The Morgan fingerprint density at radius 1 is 0.979 bits per heavy atom. The topological polar surface area (TPSA) is 102 Å². The van der Waals surface area contributed by atoms with E-state index in [4.69, 9.17) is 10.5 Å². The standard InChI is InChI=1S/C29H32F9N7O2/c1-4-5-21-14-24(22-13-18(27(30,31)32)6-7-23(22)45(21)26(46)47-16(2)3)43(25-40-42-44(41-25)9-8-39)15-17-10-19(28(33,34)35)12-20(11-17)29(36,37)38/h6-7,10-13,16,21,24H,4-5,8-9,14-15,39H2,1-3H3. The van der Waals surface area contributed by atoms with Crippen LogP contribution in [0.2, 0.25) is 0 Å². The lowest BCUT2D eigenvalue weighted by atomic mass is 9.87. The Morgan fingerprint density at radius 3 is 2.13 bits per heavy atom. The molecule has 47 heavy (non-hydrogen) atoms. The minimum atomic E-state index is -5.15. The summed E-state index contributed by atoms with van der Waals surface area (Å²) in [5.74, 6) is -0.286. The number of fused-ring (bicyclic) bond motifs is 1. The molecule has 2 unspecified atom stereocenters. The molecule has 1 aliphatic rings. The summed E-state index contributed by atoms with van der Waals surface area (Å²) < 4.78 is 130. The largest absolute Gasteiger partial charge is 0.446 e. The van der Waals surface area contributed by atoms with E-state index in [2.05, 4.69) is 15.4 Å². The van der Waals surface area contributed by atoms with E-state index in [-0.39, 0.29) is 42.8 Å². The smallest absolute Gasteiger partial charge is 0.416 e. The highest BCUT2D eigenvalue weighted by Gasteiger charge is 2.43. The number of benzene rings is 2. The summed E-state index contributed by atoms with van der Waals surface area (Å²) >= 11 is 0. The van der Waals surface area contributed by atoms with Gasteiger partial charge in [-0.15, -0.1) is 5.10 Å². The number of rotatable bonds is 9. The third kappa shape index (κ3) is 8.26. The van der Waals surface area contributed by atoms with Crippen LogP contribution < -0.4 is 15.5 Å². The zero-order valence-electron chi connectivity index (χ0n) is 25.4. The molecule has 2 aromatic carbocycles. The molecule has 0 aliphatic carbocycles. The molecule has 0 saturated heterocycles. The molecule has 2 heterocycles. The van der Waals surface area contributed by atoms with E-state index < -0.39 is 71.6 Å². The van der Waals surface area contributed by atoms with Gasteiger partial charge in [0.1, 0.15) is 0 Å². The Balaban J connectivity index is 1.96. The molecule has 2 N–H and O–H groups in total. The van der Waals surface area contributed by atoms with E-state index in [0.29, 0.717) is 25.0 Å². The second-order valence-corrected chi connectivity index (χ2v) is 11.3. The number of aromatic nitrogens is 4. The highest BCUT2D eigenvalue weighted by molar-refractivity contribution is 5.90. The number of nitrogens with two attached hydrogens (primary N) is 1. The van der Waals surface area contributed by atoms with Gasteiger partial charge in [-0.05, 0) is 79.4 Å². The number of anilines is 2. The Hall–Kier alpha value is -4.09. The maximum absolute atomic E-state index is 14.0. The number of tetrazole rings is 1. The van der Waals surface area contributed by atoms with Gasteiger partial charge in [0.2, 0.25) is 0 Å².